The molecule has 1 fully saturated rings. The van der Waals surface area contributed by atoms with Crippen molar-refractivity contribution in [2.45, 2.75) is 19.8 Å². The minimum Gasteiger partial charge on any atom is -0.476 e. The van der Waals surface area contributed by atoms with Crippen molar-refractivity contribution < 1.29 is 14.7 Å². The number of aryl methyl sites for hydroxylation is 1. The Balaban J connectivity index is 2.10. The van der Waals surface area contributed by atoms with E-state index in [1.807, 2.05) is 0 Å². The molecule has 0 aromatic carbocycles. The molecule has 0 radical (unpaired) electrons. The molecule has 16 heavy (non-hydrogen) atoms. The van der Waals surface area contributed by atoms with Gasteiger partial charge in [0.05, 0.1) is 5.92 Å². The number of hydrogen-bond donors (Lipinski definition) is 2. The standard InChI is InChI=1S/C10H13N3O3/c1-5-8(10(15)16)12-9(11-5)7-3-13(4-7)6(2)14/h7H,3-4H2,1-2H3,(H,11,12)(H,15,16). The summed E-state index contributed by atoms with van der Waals surface area (Å²) in [4.78, 5) is 30.5. The molecule has 6 heteroatoms. The number of imidazole rings is 1. The predicted octanol–water partition coefficient (Wildman–Crippen LogP) is 0.362. The van der Waals surface area contributed by atoms with E-state index in [9.17, 15) is 9.59 Å². The number of carbonyl (C=O) groups excluding carboxylic acids is 1. The maximum atomic E-state index is 11.0. The van der Waals surface area contributed by atoms with Crippen LogP contribution >= 0.6 is 0 Å². The first-order valence-electron chi connectivity index (χ1n) is 5.04. The Morgan fingerprint density at radius 2 is 2.12 bits per heavy atom. The number of H-pyrrole nitrogens is 1. The largest absolute Gasteiger partial charge is 0.476 e. The molecule has 1 saturated heterocycles. The number of carboxylic acid groups (broad SMARTS) is 1. The number of likely N-dealkylation sites (tertiary alicyclic amines) is 1. The average molecular weight is 223 g/mol. The zero-order valence-corrected chi connectivity index (χ0v) is 9.15. The van der Waals surface area contributed by atoms with Crippen LogP contribution in [-0.2, 0) is 4.79 Å². The fraction of sp³-hybridized carbons (Fsp3) is 0.500. The van der Waals surface area contributed by atoms with Crippen LogP contribution in [0.2, 0.25) is 0 Å². The molecule has 1 aromatic heterocycles. The van der Waals surface area contributed by atoms with Gasteiger partial charge in [0.15, 0.2) is 5.69 Å². The molecule has 0 aliphatic carbocycles. The van der Waals surface area contributed by atoms with Gasteiger partial charge in [-0.3, -0.25) is 4.79 Å². The highest BCUT2D eigenvalue weighted by molar-refractivity contribution is 5.86. The van der Waals surface area contributed by atoms with E-state index in [-0.39, 0.29) is 17.5 Å². The lowest BCUT2D eigenvalue weighted by Gasteiger charge is -2.37. The number of rotatable bonds is 2. The van der Waals surface area contributed by atoms with Gasteiger partial charge in [-0.25, -0.2) is 9.78 Å². The Bertz CT molecular complexity index is 446. The van der Waals surface area contributed by atoms with Gasteiger partial charge in [-0.05, 0) is 6.92 Å². The van der Waals surface area contributed by atoms with Crippen molar-refractivity contribution in [3.63, 3.8) is 0 Å². The Morgan fingerprint density at radius 3 is 2.56 bits per heavy atom. The van der Waals surface area contributed by atoms with Crippen molar-refractivity contribution in [1.82, 2.24) is 14.9 Å². The molecule has 2 N–H and O–H groups in total. The van der Waals surface area contributed by atoms with Crippen molar-refractivity contribution in [1.29, 1.82) is 0 Å². The maximum absolute atomic E-state index is 11.0. The van der Waals surface area contributed by atoms with E-state index in [0.717, 1.165) is 0 Å². The van der Waals surface area contributed by atoms with Crippen molar-refractivity contribution in [2.75, 3.05) is 13.1 Å². The highest BCUT2D eigenvalue weighted by atomic mass is 16.4. The second kappa shape index (κ2) is 3.62. The topological polar surface area (TPSA) is 86.3 Å². The molecule has 1 aromatic rings. The molecule has 0 spiro atoms. The van der Waals surface area contributed by atoms with Gasteiger partial charge in [-0.2, -0.15) is 0 Å². The Labute approximate surface area is 92.3 Å². The van der Waals surface area contributed by atoms with Crippen LogP contribution < -0.4 is 0 Å². The number of aromatic nitrogens is 2. The number of carbonyl (C=O) groups is 2. The van der Waals surface area contributed by atoms with Crippen LogP contribution in [0.5, 0.6) is 0 Å². The molecule has 6 nitrogen and oxygen atoms in total. The van der Waals surface area contributed by atoms with Crippen molar-refractivity contribution in [3.8, 4) is 0 Å². The molecule has 0 saturated carbocycles. The van der Waals surface area contributed by atoms with E-state index in [1.54, 1.807) is 11.8 Å². The summed E-state index contributed by atoms with van der Waals surface area (Å²) in [7, 11) is 0. The smallest absolute Gasteiger partial charge is 0.356 e. The van der Waals surface area contributed by atoms with Gasteiger partial charge < -0.3 is 15.0 Å². The highest BCUT2D eigenvalue weighted by Crippen LogP contribution is 2.25. The lowest BCUT2D eigenvalue weighted by atomic mass is 10.00. The molecule has 1 aliphatic heterocycles. The summed E-state index contributed by atoms with van der Waals surface area (Å²) in [6.45, 7) is 4.43. The third-order valence-electron chi connectivity index (χ3n) is 2.82. The second-order valence-corrected chi connectivity index (χ2v) is 4.02. The van der Waals surface area contributed by atoms with Gasteiger partial charge in [0.1, 0.15) is 5.82 Å². The van der Waals surface area contributed by atoms with Crippen LogP contribution in [0.4, 0.5) is 0 Å². The van der Waals surface area contributed by atoms with E-state index >= 15 is 0 Å². The van der Waals surface area contributed by atoms with Gasteiger partial charge >= 0.3 is 5.97 Å². The van der Waals surface area contributed by atoms with Crippen LogP contribution in [0, 0.1) is 6.92 Å². The number of aromatic carboxylic acids is 1. The van der Waals surface area contributed by atoms with E-state index in [2.05, 4.69) is 9.97 Å². The lowest BCUT2D eigenvalue weighted by Crippen LogP contribution is -2.47. The number of nitrogens with zero attached hydrogens (tertiary/aromatic N) is 2. The fourth-order valence-electron chi connectivity index (χ4n) is 1.79. The quantitative estimate of drug-likeness (QED) is 0.758. The monoisotopic (exact) mass is 223 g/mol. The molecule has 1 amide bonds. The number of hydrogen-bond acceptors (Lipinski definition) is 3. The maximum Gasteiger partial charge on any atom is 0.356 e. The first kappa shape index (κ1) is 10.7. The van der Waals surface area contributed by atoms with E-state index in [1.165, 1.54) is 6.92 Å². The van der Waals surface area contributed by atoms with Gasteiger partial charge in [-0.15, -0.1) is 0 Å². The number of aromatic amines is 1. The van der Waals surface area contributed by atoms with Crippen molar-refractivity contribution in [2.24, 2.45) is 0 Å². The van der Waals surface area contributed by atoms with Crippen molar-refractivity contribution >= 4 is 11.9 Å². The molecular formula is C10H13N3O3. The molecular weight excluding hydrogens is 210 g/mol. The zero-order valence-electron chi connectivity index (χ0n) is 9.15. The first-order valence-corrected chi connectivity index (χ1v) is 5.04. The first-order chi connectivity index (χ1) is 7.49. The number of nitrogens with one attached hydrogen (secondary N) is 1. The molecule has 0 atom stereocenters. The fourth-order valence-corrected chi connectivity index (χ4v) is 1.79. The minimum atomic E-state index is -1.03. The lowest BCUT2D eigenvalue weighted by molar-refractivity contribution is -0.133. The van der Waals surface area contributed by atoms with Crippen LogP contribution in [0.1, 0.15) is 34.8 Å². The molecule has 0 bridgehead atoms. The average Bonchev–Trinajstić information content (AvgIpc) is 2.43. The molecule has 1 aliphatic rings. The van der Waals surface area contributed by atoms with E-state index in [4.69, 9.17) is 5.11 Å². The van der Waals surface area contributed by atoms with E-state index < -0.39 is 5.97 Å². The summed E-state index contributed by atoms with van der Waals surface area (Å²) in [5.41, 5.74) is 0.625. The highest BCUT2D eigenvalue weighted by Gasteiger charge is 2.32. The van der Waals surface area contributed by atoms with Crippen LogP contribution in [0.25, 0.3) is 0 Å². The van der Waals surface area contributed by atoms with Gasteiger partial charge in [0, 0.05) is 25.7 Å². The zero-order chi connectivity index (χ0) is 11.9. The molecule has 2 rings (SSSR count). The normalized spacial score (nSPS) is 16.0. The number of carboxylic acids is 1. The SMILES string of the molecule is CC(=O)N1CC(c2nc(C(=O)O)c(C)[nH]2)C1. The third-order valence-corrected chi connectivity index (χ3v) is 2.82. The molecule has 86 valence electrons. The summed E-state index contributed by atoms with van der Waals surface area (Å²) in [6, 6.07) is 0. The summed E-state index contributed by atoms with van der Waals surface area (Å²) in [6.07, 6.45) is 0. The Hall–Kier alpha value is -1.85. The summed E-state index contributed by atoms with van der Waals surface area (Å²) < 4.78 is 0. The summed E-state index contributed by atoms with van der Waals surface area (Å²) >= 11 is 0. The Morgan fingerprint density at radius 1 is 1.50 bits per heavy atom. The van der Waals surface area contributed by atoms with Crippen molar-refractivity contribution in [3.05, 3.63) is 17.2 Å². The second-order valence-electron chi connectivity index (χ2n) is 4.02. The van der Waals surface area contributed by atoms with Gasteiger partial charge in [0.2, 0.25) is 5.91 Å². The molecule has 0 unspecified atom stereocenters. The molecule has 2 heterocycles. The van der Waals surface area contributed by atoms with Crippen LogP contribution in [-0.4, -0.2) is 44.9 Å². The third kappa shape index (κ3) is 1.66. The summed E-state index contributed by atoms with van der Waals surface area (Å²) in [5.74, 6) is -0.191. The predicted molar refractivity (Wildman–Crippen MR) is 55.3 cm³/mol. The van der Waals surface area contributed by atoms with E-state index in [0.29, 0.717) is 24.6 Å². The minimum absolute atomic E-state index is 0.0398. The number of amides is 1. The summed E-state index contributed by atoms with van der Waals surface area (Å²) in [5, 5.41) is 8.84. The van der Waals surface area contributed by atoms with Crippen LogP contribution in [0.3, 0.4) is 0 Å². The van der Waals surface area contributed by atoms with Gasteiger partial charge in [0.25, 0.3) is 0 Å². The van der Waals surface area contributed by atoms with Gasteiger partial charge in [-0.1, -0.05) is 0 Å². The van der Waals surface area contributed by atoms with Crippen LogP contribution in [0.15, 0.2) is 0 Å². The Kier molecular flexibility index (Phi) is 2.41.